The highest BCUT2D eigenvalue weighted by molar-refractivity contribution is 5.94. The van der Waals surface area contributed by atoms with Gasteiger partial charge in [-0.25, -0.2) is 4.98 Å². The summed E-state index contributed by atoms with van der Waals surface area (Å²) in [6.45, 7) is 0. The van der Waals surface area contributed by atoms with Crippen molar-refractivity contribution in [2.45, 2.75) is 0 Å². The number of hydrogen-bond acceptors (Lipinski definition) is 2. The largest absolute Gasteiger partial charge is 0.495 e. The summed E-state index contributed by atoms with van der Waals surface area (Å²) in [5.74, 6) is 0.772. The normalized spacial score (nSPS) is 10.6. The number of methoxy groups -OCH3 is 1. The van der Waals surface area contributed by atoms with Gasteiger partial charge in [0.2, 0.25) is 0 Å². The summed E-state index contributed by atoms with van der Waals surface area (Å²) < 4.78 is 5.21. The molecule has 0 spiro atoms. The third kappa shape index (κ3) is 1.65. The Kier molecular flexibility index (Phi) is 2.29. The zero-order chi connectivity index (χ0) is 11.7. The Balaban J connectivity index is 2.23. The number of nitrogens with one attached hydrogen (secondary N) is 1. The standard InChI is InChI=1S/C14H12N2O/c1-17-11-7-12-13(9-16-14(12)15-8-11)10-5-3-2-4-6-10/h2-9H,1H3,(H,15,16). The van der Waals surface area contributed by atoms with Crippen LogP contribution in [-0.4, -0.2) is 17.1 Å². The molecular formula is C14H12N2O. The Morgan fingerprint density at radius 3 is 2.76 bits per heavy atom. The molecule has 3 aromatic rings. The molecule has 0 saturated heterocycles. The molecule has 17 heavy (non-hydrogen) atoms. The molecule has 0 bridgehead atoms. The Labute approximate surface area is 99.1 Å². The van der Waals surface area contributed by atoms with Crippen LogP contribution in [0, 0.1) is 0 Å². The van der Waals surface area contributed by atoms with E-state index < -0.39 is 0 Å². The maximum absolute atomic E-state index is 5.21. The molecule has 0 unspecified atom stereocenters. The zero-order valence-corrected chi connectivity index (χ0v) is 9.47. The van der Waals surface area contributed by atoms with Crippen molar-refractivity contribution in [2.24, 2.45) is 0 Å². The van der Waals surface area contributed by atoms with Crippen molar-refractivity contribution in [2.75, 3.05) is 7.11 Å². The molecule has 0 aliphatic carbocycles. The predicted octanol–water partition coefficient (Wildman–Crippen LogP) is 3.24. The van der Waals surface area contributed by atoms with Crippen LogP contribution in [0.1, 0.15) is 0 Å². The van der Waals surface area contributed by atoms with Gasteiger partial charge in [-0.15, -0.1) is 0 Å². The molecular weight excluding hydrogens is 212 g/mol. The van der Waals surface area contributed by atoms with Crippen LogP contribution in [0.3, 0.4) is 0 Å². The second-order valence-electron chi connectivity index (χ2n) is 3.84. The monoisotopic (exact) mass is 224 g/mol. The molecule has 2 aromatic heterocycles. The van der Waals surface area contributed by atoms with Crippen molar-refractivity contribution in [3.05, 3.63) is 48.8 Å². The number of ether oxygens (including phenoxy) is 1. The molecule has 0 atom stereocenters. The first-order chi connectivity index (χ1) is 8.38. The van der Waals surface area contributed by atoms with E-state index in [0.29, 0.717) is 0 Å². The minimum Gasteiger partial charge on any atom is -0.495 e. The molecule has 0 radical (unpaired) electrons. The smallest absolute Gasteiger partial charge is 0.138 e. The van der Waals surface area contributed by atoms with Crippen LogP contribution in [0.25, 0.3) is 22.2 Å². The molecule has 0 amide bonds. The topological polar surface area (TPSA) is 37.9 Å². The molecule has 0 fully saturated rings. The molecule has 0 aliphatic heterocycles. The van der Waals surface area contributed by atoms with Crippen LogP contribution < -0.4 is 4.74 Å². The van der Waals surface area contributed by atoms with Gasteiger partial charge in [-0.2, -0.15) is 0 Å². The van der Waals surface area contributed by atoms with Crippen molar-refractivity contribution in [3.8, 4) is 16.9 Å². The number of nitrogens with zero attached hydrogens (tertiary/aromatic N) is 1. The van der Waals surface area contributed by atoms with Gasteiger partial charge in [0.15, 0.2) is 0 Å². The first-order valence-corrected chi connectivity index (χ1v) is 5.45. The highest BCUT2D eigenvalue weighted by Crippen LogP contribution is 2.29. The Morgan fingerprint density at radius 1 is 1.18 bits per heavy atom. The number of aromatic nitrogens is 2. The lowest BCUT2D eigenvalue weighted by Gasteiger charge is -2.01. The number of rotatable bonds is 2. The molecule has 3 heteroatoms. The average molecular weight is 224 g/mol. The van der Waals surface area contributed by atoms with E-state index in [4.69, 9.17) is 4.74 Å². The zero-order valence-electron chi connectivity index (χ0n) is 9.47. The summed E-state index contributed by atoms with van der Waals surface area (Å²) in [4.78, 5) is 7.49. The van der Waals surface area contributed by atoms with Crippen LogP contribution in [0.15, 0.2) is 48.8 Å². The van der Waals surface area contributed by atoms with E-state index in [1.165, 1.54) is 5.56 Å². The fraction of sp³-hybridized carbons (Fsp3) is 0.0714. The van der Waals surface area contributed by atoms with Gasteiger partial charge in [0.05, 0.1) is 13.3 Å². The lowest BCUT2D eigenvalue weighted by molar-refractivity contribution is 0.414. The van der Waals surface area contributed by atoms with Crippen molar-refractivity contribution in [1.29, 1.82) is 0 Å². The Morgan fingerprint density at radius 2 is 2.00 bits per heavy atom. The SMILES string of the molecule is COc1cnc2[nH]cc(-c3ccccc3)c2c1. The predicted molar refractivity (Wildman–Crippen MR) is 68.1 cm³/mol. The number of fused-ring (bicyclic) bond motifs is 1. The summed E-state index contributed by atoms with van der Waals surface area (Å²) in [7, 11) is 1.65. The van der Waals surface area contributed by atoms with Crippen LogP contribution >= 0.6 is 0 Å². The van der Waals surface area contributed by atoms with E-state index in [-0.39, 0.29) is 0 Å². The van der Waals surface area contributed by atoms with Crippen LogP contribution in [0.2, 0.25) is 0 Å². The Hall–Kier alpha value is -2.29. The molecule has 0 aliphatic rings. The van der Waals surface area contributed by atoms with Crippen molar-refractivity contribution < 1.29 is 4.74 Å². The second-order valence-corrected chi connectivity index (χ2v) is 3.84. The summed E-state index contributed by atoms with van der Waals surface area (Å²) in [5, 5.41) is 1.08. The minimum atomic E-state index is 0.772. The van der Waals surface area contributed by atoms with Gasteiger partial charge >= 0.3 is 0 Å². The molecule has 3 nitrogen and oxygen atoms in total. The van der Waals surface area contributed by atoms with E-state index in [9.17, 15) is 0 Å². The first-order valence-electron chi connectivity index (χ1n) is 5.45. The fourth-order valence-corrected chi connectivity index (χ4v) is 1.95. The van der Waals surface area contributed by atoms with Crippen molar-refractivity contribution in [1.82, 2.24) is 9.97 Å². The van der Waals surface area contributed by atoms with E-state index in [1.54, 1.807) is 13.3 Å². The number of aromatic amines is 1. The van der Waals surface area contributed by atoms with Crippen LogP contribution in [0.4, 0.5) is 0 Å². The molecule has 1 aromatic carbocycles. The second kappa shape index (κ2) is 3.94. The fourth-order valence-electron chi connectivity index (χ4n) is 1.95. The minimum absolute atomic E-state index is 0.772. The van der Waals surface area contributed by atoms with Gasteiger partial charge in [0.25, 0.3) is 0 Å². The highest BCUT2D eigenvalue weighted by Gasteiger charge is 2.07. The molecule has 84 valence electrons. The number of benzene rings is 1. The quantitative estimate of drug-likeness (QED) is 0.725. The van der Waals surface area contributed by atoms with Gasteiger partial charge in [-0.05, 0) is 11.6 Å². The molecule has 2 heterocycles. The summed E-state index contributed by atoms with van der Waals surface area (Å²) in [6, 6.07) is 12.2. The van der Waals surface area contributed by atoms with Gasteiger partial charge in [-0.1, -0.05) is 30.3 Å². The molecule has 0 saturated carbocycles. The lowest BCUT2D eigenvalue weighted by atomic mass is 10.1. The maximum Gasteiger partial charge on any atom is 0.138 e. The van der Waals surface area contributed by atoms with Crippen LogP contribution in [0.5, 0.6) is 5.75 Å². The van der Waals surface area contributed by atoms with Gasteiger partial charge in [-0.3, -0.25) is 0 Å². The van der Waals surface area contributed by atoms with Crippen molar-refractivity contribution >= 4 is 11.0 Å². The van der Waals surface area contributed by atoms with Crippen molar-refractivity contribution in [3.63, 3.8) is 0 Å². The van der Waals surface area contributed by atoms with E-state index in [1.807, 2.05) is 30.5 Å². The highest BCUT2D eigenvalue weighted by atomic mass is 16.5. The first kappa shape index (κ1) is 9.90. The number of hydrogen-bond donors (Lipinski definition) is 1. The summed E-state index contributed by atoms with van der Waals surface area (Å²) in [6.07, 6.45) is 3.69. The van der Waals surface area contributed by atoms with E-state index in [0.717, 1.165) is 22.3 Å². The van der Waals surface area contributed by atoms with Gasteiger partial charge < -0.3 is 9.72 Å². The average Bonchev–Trinajstić information content (AvgIpc) is 2.82. The molecule has 1 N–H and O–H groups in total. The Bertz CT molecular complexity index is 644. The summed E-state index contributed by atoms with van der Waals surface area (Å²) >= 11 is 0. The maximum atomic E-state index is 5.21. The van der Waals surface area contributed by atoms with E-state index >= 15 is 0 Å². The third-order valence-electron chi connectivity index (χ3n) is 2.83. The third-order valence-corrected chi connectivity index (χ3v) is 2.83. The molecule has 3 rings (SSSR count). The number of H-pyrrole nitrogens is 1. The van der Waals surface area contributed by atoms with Crippen LogP contribution in [-0.2, 0) is 0 Å². The van der Waals surface area contributed by atoms with Gasteiger partial charge in [0.1, 0.15) is 11.4 Å². The number of pyridine rings is 1. The van der Waals surface area contributed by atoms with Gasteiger partial charge in [0, 0.05) is 17.1 Å². The lowest BCUT2D eigenvalue weighted by Crippen LogP contribution is -1.84. The van der Waals surface area contributed by atoms with E-state index in [2.05, 4.69) is 22.1 Å². The summed E-state index contributed by atoms with van der Waals surface area (Å²) in [5.41, 5.74) is 3.20.